The fourth-order valence-electron chi connectivity index (χ4n) is 3.33. The molecule has 2 aromatic carbocycles. The fraction of sp³-hybridized carbons (Fsp3) is 0.440. The van der Waals surface area contributed by atoms with Crippen LogP contribution in [0, 0.1) is 11.7 Å². The van der Waals surface area contributed by atoms with E-state index in [4.69, 9.17) is 0 Å². The van der Waals surface area contributed by atoms with E-state index in [0.717, 1.165) is 11.3 Å². The van der Waals surface area contributed by atoms with Crippen molar-refractivity contribution in [2.45, 2.75) is 53.2 Å². The van der Waals surface area contributed by atoms with Crippen molar-refractivity contribution in [1.29, 1.82) is 0 Å². The Morgan fingerprint density at radius 1 is 1.00 bits per heavy atom. The van der Waals surface area contributed by atoms with Crippen LogP contribution in [0.4, 0.5) is 20.6 Å². The number of amides is 3. The van der Waals surface area contributed by atoms with Crippen LogP contribution < -0.4 is 15.5 Å². The molecule has 0 saturated carbocycles. The summed E-state index contributed by atoms with van der Waals surface area (Å²) >= 11 is 0. The van der Waals surface area contributed by atoms with Crippen LogP contribution in [-0.2, 0) is 6.54 Å². The van der Waals surface area contributed by atoms with Gasteiger partial charge in [-0.1, -0.05) is 19.9 Å². The molecular weight excluding hydrogens is 407 g/mol. The van der Waals surface area contributed by atoms with Crippen molar-refractivity contribution >= 4 is 23.3 Å². The van der Waals surface area contributed by atoms with Gasteiger partial charge in [0, 0.05) is 49.7 Å². The van der Waals surface area contributed by atoms with Gasteiger partial charge < -0.3 is 20.4 Å². The third-order valence-corrected chi connectivity index (χ3v) is 5.38. The summed E-state index contributed by atoms with van der Waals surface area (Å²) in [6, 6.07) is 11.1. The smallest absolute Gasteiger partial charge is 0.318 e. The minimum Gasteiger partial charge on any atom is -0.377 e. The maximum Gasteiger partial charge on any atom is 0.318 e. The molecule has 0 bridgehead atoms. The topological polar surface area (TPSA) is 64.7 Å². The third-order valence-electron chi connectivity index (χ3n) is 5.38. The maximum absolute atomic E-state index is 13.5. The molecule has 2 aromatic rings. The molecule has 0 heterocycles. The lowest BCUT2D eigenvalue weighted by Gasteiger charge is -2.34. The van der Waals surface area contributed by atoms with Gasteiger partial charge in [-0.2, -0.15) is 0 Å². The van der Waals surface area contributed by atoms with Crippen molar-refractivity contribution in [3.63, 3.8) is 0 Å². The highest BCUT2D eigenvalue weighted by molar-refractivity contribution is 6.04. The third kappa shape index (κ3) is 6.70. The molecule has 0 spiro atoms. The first kappa shape index (κ1) is 25.2. The minimum atomic E-state index is -0.462. The van der Waals surface area contributed by atoms with E-state index in [0.29, 0.717) is 12.2 Å². The number of anilines is 2. The van der Waals surface area contributed by atoms with Crippen molar-refractivity contribution < 1.29 is 14.0 Å². The lowest BCUT2D eigenvalue weighted by Crippen LogP contribution is -2.48. The zero-order valence-corrected chi connectivity index (χ0v) is 20.1. The summed E-state index contributed by atoms with van der Waals surface area (Å²) in [5, 5.41) is 5.82. The summed E-state index contributed by atoms with van der Waals surface area (Å²) < 4.78 is 13.5. The van der Waals surface area contributed by atoms with Gasteiger partial charge in [-0.05, 0) is 68.7 Å². The van der Waals surface area contributed by atoms with E-state index < -0.39 is 11.7 Å². The first-order chi connectivity index (χ1) is 15.0. The number of carbonyl (C=O) groups is 2. The lowest BCUT2D eigenvalue weighted by atomic mass is 10.0. The second-order valence-electron chi connectivity index (χ2n) is 8.92. The van der Waals surface area contributed by atoms with E-state index in [1.165, 1.54) is 18.2 Å². The Labute approximate surface area is 190 Å². The van der Waals surface area contributed by atoms with Gasteiger partial charge in [0.25, 0.3) is 5.91 Å². The van der Waals surface area contributed by atoms with E-state index in [-0.39, 0.29) is 29.6 Å². The van der Waals surface area contributed by atoms with Crippen LogP contribution in [0.1, 0.15) is 50.5 Å². The Kier molecular flexibility index (Phi) is 8.63. The molecule has 0 aliphatic heterocycles. The Bertz CT molecular complexity index is 943. The maximum atomic E-state index is 13.5. The van der Waals surface area contributed by atoms with Gasteiger partial charge in [0.2, 0.25) is 0 Å². The number of hydrogen-bond acceptors (Lipinski definition) is 3. The van der Waals surface area contributed by atoms with Crippen molar-refractivity contribution in [3.8, 4) is 0 Å². The van der Waals surface area contributed by atoms with E-state index in [2.05, 4.69) is 24.5 Å². The molecule has 6 nitrogen and oxygen atoms in total. The lowest BCUT2D eigenvalue weighted by molar-refractivity contribution is 0.102. The van der Waals surface area contributed by atoms with Gasteiger partial charge in [-0.15, -0.1) is 0 Å². The molecule has 0 aliphatic carbocycles. The average Bonchev–Trinajstić information content (AvgIpc) is 2.70. The number of nitrogens with zero attached hydrogens (tertiary/aromatic N) is 2. The van der Waals surface area contributed by atoms with Crippen LogP contribution >= 0.6 is 0 Å². The highest BCUT2D eigenvalue weighted by Gasteiger charge is 2.25. The van der Waals surface area contributed by atoms with Crippen LogP contribution in [0.15, 0.2) is 42.5 Å². The molecule has 1 atom stereocenters. The predicted octanol–water partition coefficient (Wildman–Crippen LogP) is 5.11. The summed E-state index contributed by atoms with van der Waals surface area (Å²) in [6.45, 7) is 10.5. The first-order valence-electron chi connectivity index (χ1n) is 10.9. The summed E-state index contributed by atoms with van der Waals surface area (Å²) in [6.07, 6.45) is 0. The second kappa shape index (κ2) is 11.0. The fourth-order valence-corrected chi connectivity index (χ4v) is 3.33. The molecule has 0 saturated heterocycles. The number of carbonyl (C=O) groups excluding carboxylic acids is 2. The van der Waals surface area contributed by atoms with Crippen LogP contribution in [-0.4, -0.2) is 43.0 Å². The quantitative estimate of drug-likeness (QED) is 0.597. The number of urea groups is 1. The van der Waals surface area contributed by atoms with E-state index in [1.807, 2.05) is 56.8 Å². The molecule has 0 radical (unpaired) electrons. The average molecular weight is 443 g/mol. The highest BCUT2D eigenvalue weighted by Crippen LogP contribution is 2.26. The van der Waals surface area contributed by atoms with Gasteiger partial charge in [0.1, 0.15) is 5.82 Å². The summed E-state index contributed by atoms with van der Waals surface area (Å²) in [4.78, 5) is 29.3. The Morgan fingerprint density at radius 2 is 1.69 bits per heavy atom. The predicted molar refractivity (Wildman–Crippen MR) is 129 cm³/mol. The van der Waals surface area contributed by atoms with Crippen molar-refractivity contribution in [1.82, 2.24) is 10.2 Å². The monoisotopic (exact) mass is 442 g/mol. The Balaban J connectivity index is 2.36. The van der Waals surface area contributed by atoms with Crippen molar-refractivity contribution in [2.24, 2.45) is 5.92 Å². The van der Waals surface area contributed by atoms with Crippen LogP contribution in [0.2, 0.25) is 0 Å². The standard InChI is InChI=1S/C25H35FN4O2/c1-16(2)18(5)30(25(32)27-17(3)4)15-20-14-22(11-12-23(20)29(6)7)28-24(31)19-9-8-10-21(26)13-19/h8-14,16-18H,15H2,1-7H3,(H,27,32)(H,28,31)/t18-/m0/s1. The number of nitrogens with one attached hydrogen (secondary N) is 2. The largest absolute Gasteiger partial charge is 0.377 e. The Hall–Kier alpha value is -3.09. The number of halogens is 1. The van der Waals surface area contributed by atoms with E-state index in [1.54, 1.807) is 12.1 Å². The molecule has 3 amide bonds. The number of benzene rings is 2. The SMILES string of the molecule is CC(C)NC(=O)N(Cc1cc(NC(=O)c2cccc(F)c2)ccc1N(C)C)[C@@H](C)C(C)C. The molecule has 32 heavy (non-hydrogen) atoms. The molecule has 0 fully saturated rings. The molecule has 0 unspecified atom stereocenters. The van der Waals surface area contributed by atoms with Crippen LogP contribution in [0.5, 0.6) is 0 Å². The summed E-state index contributed by atoms with van der Waals surface area (Å²) in [5.74, 6) is -0.583. The van der Waals surface area contributed by atoms with Crippen molar-refractivity contribution in [2.75, 3.05) is 24.3 Å². The number of rotatable bonds is 8. The first-order valence-corrected chi connectivity index (χ1v) is 10.9. The Morgan fingerprint density at radius 3 is 2.25 bits per heavy atom. The van der Waals surface area contributed by atoms with Gasteiger partial charge in [-0.3, -0.25) is 4.79 Å². The number of hydrogen-bond donors (Lipinski definition) is 2. The van der Waals surface area contributed by atoms with E-state index in [9.17, 15) is 14.0 Å². The molecule has 0 aliphatic rings. The van der Waals surface area contributed by atoms with Gasteiger partial charge in [0.05, 0.1) is 0 Å². The second-order valence-corrected chi connectivity index (χ2v) is 8.92. The summed E-state index contributed by atoms with van der Waals surface area (Å²) in [5.41, 5.74) is 2.68. The zero-order chi connectivity index (χ0) is 24.0. The van der Waals surface area contributed by atoms with Gasteiger partial charge in [-0.25, -0.2) is 9.18 Å². The molecular formula is C25H35FN4O2. The highest BCUT2D eigenvalue weighted by atomic mass is 19.1. The molecule has 174 valence electrons. The van der Waals surface area contributed by atoms with Gasteiger partial charge >= 0.3 is 6.03 Å². The van der Waals surface area contributed by atoms with E-state index >= 15 is 0 Å². The molecule has 2 rings (SSSR count). The minimum absolute atomic E-state index is 0.00861. The molecule has 2 N–H and O–H groups in total. The zero-order valence-electron chi connectivity index (χ0n) is 20.1. The van der Waals surface area contributed by atoms with Crippen LogP contribution in [0.3, 0.4) is 0 Å². The normalized spacial score (nSPS) is 11.9. The van der Waals surface area contributed by atoms with Crippen molar-refractivity contribution in [3.05, 3.63) is 59.4 Å². The van der Waals surface area contributed by atoms with Gasteiger partial charge in [0.15, 0.2) is 0 Å². The molecule has 7 heteroatoms. The summed E-state index contributed by atoms with van der Waals surface area (Å²) in [7, 11) is 3.88. The molecule has 0 aromatic heterocycles. The van der Waals surface area contributed by atoms with Crippen LogP contribution in [0.25, 0.3) is 0 Å².